The Balaban J connectivity index is 1.70. The van der Waals surface area contributed by atoms with Gasteiger partial charge < -0.3 is 10.5 Å². The fourth-order valence-electron chi connectivity index (χ4n) is 3.33. The molecule has 2 aliphatic rings. The van der Waals surface area contributed by atoms with Crippen LogP contribution < -0.4 is 5.73 Å². The average molecular weight is 297 g/mol. The van der Waals surface area contributed by atoms with Gasteiger partial charge in [-0.15, -0.1) is 11.3 Å². The molecule has 0 aromatic carbocycles. The predicted molar refractivity (Wildman–Crippen MR) is 84.0 cm³/mol. The van der Waals surface area contributed by atoms with Crippen molar-refractivity contribution < 1.29 is 4.74 Å². The summed E-state index contributed by atoms with van der Waals surface area (Å²) in [5, 5.41) is 0. The van der Waals surface area contributed by atoms with E-state index in [2.05, 4.69) is 30.8 Å². The summed E-state index contributed by atoms with van der Waals surface area (Å²) in [6.07, 6.45) is 4.70. The van der Waals surface area contributed by atoms with Gasteiger partial charge in [-0.25, -0.2) is 0 Å². The molecule has 2 N–H and O–H groups in total. The van der Waals surface area contributed by atoms with Crippen LogP contribution in [0.4, 0.5) is 0 Å². The first-order valence-electron chi connectivity index (χ1n) is 7.22. The summed E-state index contributed by atoms with van der Waals surface area (Å²) >= 11 is 3.92. The fourth-order valence-corrected chi connectivity index (χ4v) is 5.54. The molecule has 0 saturated carbocycles. The summed E-state index contributed by atoms with van der Waals surface area (Å²) < 4.78 is 6.16. The molecule has 3 heterocycles. The lowest BCUT2D eigenvalue weighted by atomic mass is 9.78. The Bertz CT molecular complexity index is 420. The SMILES string of the molecule is Cc1ccc(C(N)C2CCOC3(CCSCC3)C2)s1. The molecule has 0 radical (unpaired) electrons. The average Bonchev–Trinajstić information content (AvgIpc) is 2.85. The first-order chi connectivity index (χ1) is 9.19. The van der Waals surface area contributed by atoms with E-state index in [0.717, 1.165) is 19.4 Å². The molecule has 2 nitrogen and oxygen atoms in total. The van der Waals surface area contributed by atoms with E-state index in [1.807, 2.05) is 11.3 Å². The van der Waals surface area contributed by atoms with Gasteiger partial charge in [0.2, 0.25) is 0 Å². The lowest BCUT2D eigenvalue weighted by molar-refractivity contribution is -0.105. The number of ether oxygens (including phenoxy) is 1. The summed E-state index contributed by atoms with van der Waals surface area (Å²) in [6, 6.07) is 4.60. The lowest BCUT2D eigenvalue weighted by Crippen LogP contribution is -2.45. The molecule has 1 aromatic rings. The van der Waals surface area contributed by atoms with Gasteiger partial charge in [0.25, 0.3) is 0 Å². The van der Waals surface area contributed by atoms with Crippen LogP contribution in [0.25, 0.3) is 0 Å². The number of aryl methyl sites for hydroxylation is 1. The van der Waals surface area contributed by atoms with E-state index in [1.165, 1.54) is 34.1 Å². The molecular formula is C15H23NOS2. The molecule has 1 aromatic heterocycles. The topological polar surface area (TPSA) is 35.2 Å². The Morgan fingerprint density at radius 1 is 1.37 bits per heavy atom. The van der Waals surface area contributed by atoms with Gasteiger partial charge in [0.1, 0.15) is 0 Å². The van der Waals surface area contributed by atoms with E-state index in [1.54, 1.807) is 0 Å². The molecule has 2 unspecified atom stereocenters. The van der Waals surface area contributed by atoms with Crippen LogP contribution in [0, 0.1) is 12.8 Å². The Morgan fingerprint density at radius 2 is 2.16 bits per heavy atom. The molecule has 0 aliphatic carbocycles. The molecule has 106 valence electrons. The number of hydrogen-bond donors (Lipinski definition) is 1. The van der Waals surface area contributed by atoms with Crippen molar-refractivity contribution >= 4 is 23.1 Å². The zero-order valence-electron chi connectivity index (χ0n) is 11.6. The Kier molecular flexibility index (Phi) is 4.22. The second kappa shape index (κ2) is 5.76. The van der Waals surface area contributed by atoms with Gasteiger partial charge in [0.05, 0.1) is 5.60 Å². The van der Waals surface area contributed by atoms with Crippen LogP contribution in [-0.4, -0.2) is 23.7 Å². The number of thioether (sulfide) groups is 1. The quantitative estimate of drug-likeness (QED) is 0.903. The van der Waals surface area contributed by atoms with Crippen LogP contribution in [0.15, 0.2) is 12.1 Å². The van der Waals surface area contributed by atoms with Gasteiger partial charge >= 0.3 is 0 Å². The minimum atomic E-state index is 0.151. The monoisotopic (exact) mass is 297 g/mol. The molecule has 19 heavy (non-hydrogen) atoms. The highest BCUT2D eigenvalue weighted by Crippen LogP contribution is 2.43. The summed E-state index contributed by atoms with van der Waals surface area (Å²) in [5.74, 6) is 3.09. The zero-order valence-corrected chi connectivity index (χ0v) is 13.2. The van der Waals surface area contributed by atoms with Crippen molar-refractivity contribution in [1.82, 2.24) is 0 Å². The molecule has 4 heteroatoms. The third-order valence-electron chi connectivity index (χ3n) is 4.53. The van der Waals surface area contributed by atoms with Gasteiger partial charge in [-0.3, -0.25) is 0 Å². The van der Waals surface area contributed by atoms with E-state index in [-0.39, 0.29) is 11.6 Å². The molecule has 2 saturated heterocycles. The predicted octanol–water partition coefficient (Wildman–Crippen LogP) is 3.75. The van der Waals surface area contributed by atoms with Crippen LogP contribution in [-0.2, 0) is 4.74 Å². The Labute approximate surface area is 124 Å². The maximum absolute atomic E-state index is 6.52. The van der Waals surface area contributed by atoms with Crippen molar-refractivity contribution in [3.8, 4) is 0 Å². The van der Waals surface area contributed by atoms with Crippen LogP contribution in [0.2, 0.25) is 0 Å². The molecule has 2 aliphatic heterocycles. The molecular weight excluding hydrogens is 274 g/mol. The summed E-state index contributed by atoms with van der Waals surface area (Å²) in [6.45, 7) is 3.05. The Hall–Kier alpha value is -0.0300. The van der Waals surface area contributed by atoms with E-state index in [9.17, 15) is 0 Å². The first kappa shape index (κ1) is 13.9. The van der Waals surface area contributed by atoms with E-state index in [4.69, 9.17) is 10.5 Å². The lowest BCUT2D eigenvalue weighted by Gasteiger charge is -2.44. The van der Waals surface area contributed by atoms with E-state index in [0.29, 0.717) is 5.92 Å². The molecule has 1 spiro atoms. The van der Waals surface area contributed by atoms with E-state index >= 15 is 0 Å². The molecule has 2 atom stereocenters. The number of rotatable bonds is 2. The zero-order chi connectivity index (χ0) is 13.3. The third kappa shape index (κ3) is 3.02. The number of nitrogens with two attached hydrogens (primary N) is 1. The minimum Gasteiger partial charge on any atom is -0.375 e. The second-order valence-corrected chi connectivity index (χ2v) is 8.42. The van der Waals surface area contributed by atoms with Crippen molar-refractivity contribution in [2.75, 3.05) is 18.1 Å². The summed E-state index contributed by atoms with van der Waals surface area (Å²) in [5.41, 5.74) is 6.67. The number of hydrogen-bond acceptors (Lipinski definition) is 4. The van der Waals surface area contributed by atoms with Crippen molar-refractivity contribution in [2.24, 2.45) is 11.7 Å². The smallest absolute Gasteiger partial charge is 0.0701 e. The van der Waals surface area contributed by atoms with Gasteiger partial charge in [-0.1, -0.05) is 0 Å². The third-order valence-corrected chi connectivity index (χ3v) is 6.62. The van der Waals surface area contributed by atoms with Crippen molar-refractivity contribution in [2.45, 2.75) is 44.2 Å². The highest BCUT2D eigenvalue weighted by Gasteiger charge is 2.40. The summed E-state index contributed by atoms with van der Waals surface area (Å²) in [4.78, 5) is 2.71. The fraction of sp³-hybridized carbons (Fsp3) is 0.733. The van der Waals surface area contributed by atoms with Gasteiger partial charge in [-0.2, -0.15) is 11.8 Å². The maximum Gasteiger partial charge on any atom is 0.0701 e. The molecule has 3 rings (SSSR count). The van der Waals surface area contributed by atoms with Crippen LogP contribution >= 0.6 is 23.1 Å². The maximum atomic E-state index is 6.52. The first-order valence-corrected chi connectivity index (χ1v) is 9.19. The largest absolute Gasteiger partial charge is 0.375 e. The van der Waals surface area contributed by atoms with Crippen molar-refractivity contribution in [3.05, 3.63) is 21.9 Å². The minimum absolute atomic E-state index is 0.151. The Morgan fingerprint density at radius 3 is 2.84 bits per heavy atom. The molecule has 2 fully saturated rings. The van der Waals surface area contributed by atoms with Gasteiger partial charge in [0.15, 0.2) is 0 Å². The second-order valence-electron chi connectivity index (χ2n) is 5.87. The van der Waals surface area contributed by atoms with Gasteiger partial charge in [-0.05, 0) is 62.2 Å². The normalized spacial score (nSPS) is 28.4. The highest BCUT2D eigenvalue weighted by atomic mass is 32.2. The molecule has 0 amide bonds. The number of thiophene rings is 1. The highest BCUT2D eigenvalue weighted by molar-refractivity contribution is 7.99. The van der Waals surface area contributed by atoms with Crippen LogP contribution in [0.3, 0.4) is 0 Å². The van der Waals surface area contributed by atoms with Crippen molar-refractivity contribution in [3.63, 3.8) is 0 Å². The van der Waals surface area contributed by atoms with Gasteiger partial charge in [0, 0.05) is 22.4 Å². The van der Waals surface area contributed by atoms with Crippen LogP contribution in [0.1, 0.15) is 41.5 Å². The molecule has 0 bridgehead atoms. The summed E-state index contributed by atoms with van der Waals surface area (Å²) in [7, 11) is 0. The standard InChI is InChI=1S/C15H23NOS2/c1-11-2-3-13(19-11)14(16)12-4-7-17-15(10-12)5-8-18-9-6-15/h2-3,12,14H,4-10,16H2,1H3. The van der Waals surface area contributed by atoms with Crippen molar-refractivity contribution in [1.29, 1.82) is 0 Å². The van der Waals surface area contributed by atoms with Crippen LogP contribution in [0.5, 0.6) is 0 Å². The van der Waals surface area contributed by atoms with E-state index < -0.39 is 0 Å².